The third-order valence-electron chi connectivity index (χ3n) is 5.73. The Balaban J connectivity index is 1.66. The predicted molar refractivity (Wildman–Crippen MR) is 119 cm³/mol. The molecule has 170 valence electrons. The fourth-order valence-electron chi connectivity index (χ4n) is 4.17. The number of aryl methyl sites for hydroxylation is 2. The number of benzene rings is 1. The molecular weight excluding hydrogens is 414 g/mol. The van der Waals surface area contributed by atoms with Crippen molar-refractivity contribution in [3.63, 3.8) is 0 Å². The van der Waals surface area contributed by atoms with E-state index >= 15 is 0 Å². The van der Waals surface area contributed by atoms with Crippen LogP contribution in [0.15, 0.2) is 39.8 Å². The van der Waals surface area contributed by atoms with Gasteiger partial charge in [0.2, 0.25) is 15.9 Å². The number of hydrogen-bond acceptors (Lipinski definition) is 5. The lowest BCUT2D eigenvalue weighted by Crippen LogP contribution is -2.44. The fraction of sp³-hybridized carbons (Fsp3) is 0.565. The molecular formula is C23H33N3O4S. The highest BCUT2D eigenvalue weighted by Crippen LogP contribution is 2.31. The van der Waals surface area contributed by atoms with Gasteiger partial charge in [-0.3, -0.25) is 4.79 Å². The number of nitrogens with zero attached hydrogens (tertiary/aromatic N) is 2. The molecule has 1 unspecified atom stereocenters. The maximum Gasteiger partial charge on any atom is 0.248 e. The molecule has 1 aliphatic rings. The summed E-state index contributed by atoms with van der Waals surface area (Å²) in [5, 5.41) is 6.99. The van der Waals surface area contributed by atoms with E-state index in [1.165, 1.54) is 4.31 Å². The summed E-state index contributed by atoms with van der Waals surface area (Å²) in [6.45, 7) is 10.3. The average Bonchev–Trinajstić information content (AvgIpc) is 3.06. The van der Waals surface area contributed by atoms with Gasteiger partial charge in [-0.05, 0) is 44.1 Å². The highest BCUT2D eigenvalue weighted by Gasteiger charge is 2.36. The van der Waals surface area contributed by atoms with Crippen LogP contribution in [0.2, 0.25) is 0 Å². The number of piperidine rings is 1. The van der Waals surface area contributed by atoms with E-state index in [-0.39, 0.29) is 28.2 Å². The molecule has 1 aromatic heterocycles. The fourth-order valence-corrected chi connectivity index (χ4v) is 5.93. The SMILES string of the molecule is Cc1noc(C)c1S(=O)(=O)N1CCC(C(=O)NC(CC(C)(C)C)c2ccccc2)CC1. The quantitative estimate of drug-likeness (QED) is 0.723. The molecule has 0 aliphatic carbocycles. The molecule has 2 heterocycles. The highest BCUT2D eigenvalue weighted by molar-refractivity contribution is 7.89. The number of rotatable bonds is 6. The van der Waals surface area contributed by atoms with Crippen molar-refractivity contribution in [2.24, 2.45) is 11.3 Å². The molecule has 0 bridgehead atoms. The lowest BCUT2D eigenvalue weighted by Gasteiger charge is -2.32. The van der Waals surface area contributed by atoms with E-state index in [1.54, 1.807) is 13.8 Å². The Labute approximate surface area is 185 Å². The van der Waals surface area contributed by atoms with Gasteiger partial charge in [0.05, 0.1) is 6.04 Å². The lowest BCUT2D eigenvalue weighted by molar-refractivity contribution is -0.127. The second kappa shape index (κ2) is 9.12. The first-order valence-corrected chi connectivity index (χ1v) is 12.2. The Morgan fingerprint density at radius 1 is 1.19 bits per heavy atom. The number of nitrogens with one attached hydrogen (secondary N) is 1. The van der Waals surface area contributed by atoms with Crippen LogP contribution in [0.1, 0.15) is 63.1 Å². The van der Waals surface area contributed by atoms with Gasteiger partial charge in [-0.15, -0.1) is 0 Å². The van der Waals surface area contributed by atoms with E-state index in [1.807, 2.05) is 30.3 Å². The summed E-state index contributed by atoms with van der Waals surface area (Å²) in [5.74, 6) is 0.0834. The molecule has 0 spiro atoms. The van der Waals surface area contributed by atoms with E-state index in [9.17, 15) is 13.2 Å². The van der Waals surface area contributed by atoms with Gasteiger partial charge in [0.25, 0.3) is 0 Å². The summed E-state index contributed by atoms with van der Waals surface area (Å²) in [7, 11) is -3.67. The number of carbonyl (C=O) groups is 1. The second-order valence-electron chi connectivity index (χ2n) is 9.57. The van der Waals surface area contributed by atoms with Crippen LogP contribution in [-0.4, -0.2) is 36.9 Å². The summed E-state index contributed by atoms with van der Waals surface area (Å²) >= 11 is 0. The minimum Gasteiger partial charge on any atom is -0.360 e. The Morgan fingerprint density at radius 3 is 2.32 bits per heavy atom. The van der Waals surface area contributed by atoms with Crippen LogP contribution < -0.4 is 5.32 Å². The lowest BCUT2D eigenvalue weighted by atomic mass is 9.85. The maximum atomic E-state index is 13.1. The van der Waals surface area contributed by atoms with Gasteiger partial charge in [0.15, 0.2) is 5.76 Å². The van der Waals surface area contributed by atoms with Crippen molar-refractivity contribution in [1.29, 1.82) is 0 Å². The summed E-state index contributed by atoms with van der Waals surface area (Å²) < 4.78 is 32.5. The van der Waals surface area contributed by atoms with E-state index in [0.29, 0.717) is 37.4 Å². The molecule has 7 nitrogen and oxygen atoms in total. The summed E-state index contributed by atoms with van der Waals surface area (Å²) in [6.07, 6.45) is 1.80. The van der Waals surface area contributed by atoms with Crippen molar-refractivity contribution in [3.8, 4) is 0 Å². The average molecular weight is 448 g/mol. The minimum absolute atomic E-state index is 0.00695. The Bertz CT molecular complexity index is 982. The molecule has 0 saturated carbocycles. The monoisotopic (exact) mass is 447 g/mol. The molecule has 1 saturated heterocycles. The largest absolute Gasteiger partial charge is 0.360 e. The van der Waals surface area contributed by atoms with Gasteiger partial charge in [-0.25, -0.2) is 8.42 Å². The van der Waals surface area contributed by atoms with Crippen molar-refractivity contribution in [3.05, 3.63) is 47.3 Å². The van der Waals surface area contributed by atoms with Gasteiger partial charge < -0.3 is 9.84 Å². The maximum absolute atomic E-state index is 13.1. The molecule has 1 aromatic carbocycles. The van der Waals surface area contributed by atoms with Crippen molar-refractivity contribution < 1.29 is 17.7 Å². The number of carbonyl (C=O) groups excluding carboxylic acids is 1. The van der Waals surface area contributed by atoms with E-state index < -0.39 is 10.0 Å². The van der Waals surface area contributed by atoms with Crippen LogP contribution in [-0.2, 0) is 14.8 Å². The zero-order valence-corrected chi connectivity index (χ0v) is 19.8. The molecule has 8 heteroatoms. The zero-order valence-electron chi connectivity index (χ0n) is 19.0. The number of hydrogen-bond donors (Lipinski definition) is 1. The summed E-state index contributed by atoms with van der Waals surface area (Å²) in [4.78, 5) is 13.2. The summed E-state index contributed by atoms with van der Waals surface area (Å²) in [5.41, 5.74) is 1.51. The molecule has 0 radical (unpaired) electrons. The molecule has 1 N–H and O–H groups in total. The second-order valence-corrected chi connectivity index (χ2v) is 11.4. The molecule has 1 atom stereocenters. The van der Waals surface area contributed by atoms with Crippen LogP contribution in [0.3, 0.4) is 0 Å². The van der Waals surface area contributed by atoms with Crippen LogP contribution in [0.25, 0.3) is 0 Å². The van der Waals surface area contributed by atoms with Gasteiger partial charge in [-0.1, -0.05) is 56.3 Å². The minimum atomic E-state index is -3.67. The molecule has 2 aromatic rings. The Morgan fingerprint density at radius 2 is 1.81 bits per heavy atom. The smallest absolute Gasteiger partial charge is 0.248 e. The van der Waals surface area contributed by atoms with Crippen LogP contribution in [0.4, 0.5) is 0 Å². The van der Waals surface area contributed by atoms with Crippen molar-refractivity contribution in [2.75, 3.05) is 13.1 Å². The van der Waals surface area contributed by atoms with Crippen LogP contribution >= 0.6 is 0 Å². The molecule has 1 amide bonds. The van der Waals surface area contributed by atoms with Gasteiger partial charge in [0, 0.05) is 19.0 Å². The topological polar surface area (TPSA) is 92.5 Å². The third kappa shape index (κ3) is 5.54. The molecule has 3 rings (SSSR count). The first kappa shape index (κ1) is 23.5. The highest BCUT2D eigenvalue weighted by atomic mass is 32.2. The normalized spacial score (nSPS) is 17.5. The van der Waals surface area contributed by atoms with E-state index in [0.717, 1.165) is 12.0 Å². The van der Waals surface area contributed by atoms with Crippen molar-refractivity contribution >= 4 is 15.9 Å². The van der Waals surface area contributed by atoms with Crippen LogP contribution in [0.5, 0.6) is 0 Å². The predicted octanol–water partition coefficient (Wildman–Crippen LogP) is 3.99. The standard InChI is InChI=1S/C23H33N3O4S/c1-16-21(17(2)30-25-16)31(28,29)26-13-11-19(12-14-26)22(27)24-20(15-23(3,4)5)18-9-7-6-8-10-18/h6-10,19-20H,11-15H2,1-5H3,(H,24,27). The van der Waals surface area contributed by atoms with Crippen molar-refractivity contribution in [1.82, 2.24) is 14.8 Å². The molecule has 1 fully saturated rings. The van der Waals surface area contributed by atoms with Gasteiger partial charge in [0.1, 0.15) is 10.6 Å². The van der Waals surface area contributed by atoms with Gasteiger partial charge in [-0.2, -0.15) is 4.31 Å². The number of sulfonamides is 1. The number of aromatic nitrogens is 1. The molecule has 31 heavy (non-hydrogen) atoms. The van der Waals surface area contributed by atoms with Crippen LogP contribution in [0, 0.1) is 25.2 Å². The first-order chi connectivity index (χ1) is 14.5. The summed E-state index contributed by atoms with van der Waals surface area (Å²) in [6, 6.07) is 9.93. The van der Waals surface area contributed by atoms with Crippen molar-refractivity contribution in [2.45, 2.75) is 64.8 Å². The zero-order chi connectivity index (χ0) is 22.8. The third-order valence-corrected chi connectivity index (χ3v) is 7.87. The first-order valence-electron chi connectivity index (χ1n) is 10.8. The van der Waals surface area contributed by atoms with E-state index in [4.69, 9.17) is 4.52 Å². The van der Waals surface area contributed by atoms with Gasteiger partial charge >= 0.3 is 0 Å². The molecule has 1 aliphatic heterocycles. The Kier molecular flexibility index (Phi) is 6.91. The Hall–Kier alpha value is -2.19. The van der Waals surface area contributed by atoms with E-state index in [2.05, 4.69) is 31.2 Å². The number of amides is 1.